The molecule has 2 aromatic carbocycles. The first-order chi connectivity index (χ1) is 12.4. The SMILES string of the molecule is CC(C)(C)OC(=O)NC(CCc1ccccc1CBr)Cc1ccccc1. The van der Waals surface area contributed by atoms with Crippen LogP contribution in [0.15, 0.2) is 54.6 Å². The van der Waals surface area contributed by atoms with E-state index in [0.29, 0.717) is 0 Å². The van der Waals surface area contributed by atoms with Crippen molar-refractivity contribution in [2.45, 2.75) is 57.0 Å². The van der Waals surface area contributed by atoms with Gasteiger partial charge in [-0.05, 0) is 56.7 Å². The summed E-state index contributed by atoms with van der Waals surface area (Å²) >= 11 is 3.55. The third-order valence-corrected chi connectivity index (χ3v) is 4.67. The summed E-state index contributed by atoms with van der Waals surface area (Å²) in [6.07, 6.45) is 2.20. The Morgan fingerprint density at radius 2 is 1.65 bits per heavy atom. The molecule has 2 aromatic rings. The highest BCUT2D eigenvalue weighted by Crippen LogP contribution is 2.17. The highest BCUT2D eigenvalue weighted by Gasteiger charge is 2.20. The molecule has 0 radical (unpaired) electrons. The van der Waals surface area contributed by atoms with E-state index in [0.717, 1.165) is 24.6 Å². The van der Waals surface area contributed by atoms with Crippen molar-refractivity contribution >= 4 is 22.0 Å². The van der Waals surface area contributed by atoms with Gasteiger partial charge in [-0.25, -0.2) is 4.79 Å². The predicted octanol–water partition coefficient (Wildman–Crippen LogP) is 5.65. The number of carbonyl (C=O) groups is 1. The van der Waals surface area contributed by atoms with E-state index in [-0.39, 0.29) is 12.1 Å². The van der Waals surface area contributed by atoms with E-state index in [2.05, 4.69) is 57.6 Å². The predicted molar refractivity (Wildman–Crippen MR) is 111 cm³/mol. The lowest BCUT2D eigenvalue weighted by Crippen LogP contribution is -2.40. The van der Waals surface area contributed by atoms with Crippen molar-refractivity contribution in [3.05, 3.63) is 71.3 Å². The summed E-state index contributed by atoms with van der Waals surface area (Å²) in [5.74, 6) is 0. The van der Waals surface area contributed by atoms with E-state index < -0.39 is 5.60 Å². The first kappa shape index (κ1) is 20.5. The molecule has 4 heteroatoms. The van der Waals surface area contributed by atoms with Gasteiger partial charge in [0.05, 0.1) is 0 Å². The molecule has 0 heterocycles. The number of carbonyl (C=O) groups excluding carboxylic acids is 1. The number of hydrogen-bond donors (Lipinski definition) is 1. The van der Waals surface area contributed by atoms with Gasteiger partial charge < -0.3 is 10.1 Å². The maximum Gasteiger partial charge on any atom is 0.407 e. The molecule has 0 aromatic heterocycles. The average molecular weight is 418 g/mol. The zero-order valence-electron chi connectivity index (χ0n) is 15.8. The van der Waals surface area contributed by atoms with Crippen LogP contribution in [0.2, 0.25) is 0 Å². The van der Waals surface area contributed by atoms with Crippen molar-refractivity contribution in [2.24, 2.45) is 0 Å². The maximum atomic E-state index is 12.3. The van der Waals surface area contributed by atoms with E-state index in [9.17, 15) is 4.79 Å². The largest absolute Gasteiger partial charge is 0.444 e. The van der Waals surface area contributed by atoms with Crippen LogP contribution in [0.25, 0.3) is 0 Å². The van der Waals surface area contributed by atoms with Gasteiger partial charge in [0.25, 0.3) is 0 Å². The molecule has 2 rings (SSSR count). The van der Waals surface area contributed by atoms with Crippen molar-refractivity contribution < 1.29 is 9.53 Å². The molecule has 0 aliphatic heterocycles. The molecule has 1 N–H and O–H groups in total. The van der Waals surface area contributed by atoms with Crippen LogP contribution in [0.4, 0.5) is 4.79 Å². The molecule has 1 amide bonds. The normalized spacial score (nSPS) is 12.5. The summed E-state index contributed by atoms with van der Waals surface area (Å²) in [6.45, 7) is 5.64. The monoisotopic (exact) mass is 417 g/mol. The Hall–Kier alpha value is -1.81. The third-order valence-electron chi connectivity index (χ3n) is 4.07. The van der Waals surface area contributed by atoms with Gasteiger partial charge in [-0.2, -0.15) is 0 Å². The highest BCUT2D eigenvalue weighted by molar-refractivity contribution is 9.08. The minimum Gasteiger partial charge on any atom is -0.444 e. The molecule has 3 nitrogen and oxygen atoms in total. The fraction of sp³-hybridized carbons (Fsp3) is 0.409. The van der Waals surface area contributed by atoms with E-state index in [4.69, 9.17) is 4.74 Å². The second kappa shape index (κ2) is 9.77. The first-order valence-corrected chi connectivity index (χ1v) is 10.2. The number of rotatable bonds is 7. The fourth-order valence-corrected chi connectivity index (χ4v) is 3.41. The van der Waals surface area contributed by atoms with Gasteiger partial charge in [0.2, 0.25) is 0 Å². The fourth-order valence-electron chi connectivity index (χ4n) is 2.86. The molecule has 0 saturated heterocycles. The summed E-state index contributed by atoms with van der Waals surface area (Å²) in [5.41, 5.74) is 3.32. The van der Waals surface area contributed by atoms with Crippen LogP contribution in [0, 0.1) is 0 Å². The van der Waals surface area contributed by atoms with Crippen LogP contribution in [0.5, 0.6) is 0 Å². The van der Waals surface area contributed by atoms with Crippen molar-refractivity contribution in [3.63, 3.8) is 0 Å². The maximum absolute atomic E-state index is 12.3. The average Bonchev–Trinajstić information content (AvgIpc) is 2.59. The molecular weight excluding hydrogens is 390 g/mol. The molecule has 0 fully saturated rings. The Bertz CT molecular complexity index is 695. The quantitative estimate of drug-likeness (QED) is 0.590. The summed E-state index contributed by atoms with van der Waals surface area (Å²) in [7, 11) is 0. The van der Waals surface area contributed by atoms with Gasteiger partial charge in [0, 0.05) is 11.4 Å². The summed E-state index contributed by atoms with van der Waals surface area (Å²) in [5, 5.41) is 3.90. The lowest BCUT2D eigenvalue weighted by molar-refractivity contribution is 0.0502. The third kappa shape index (κ3) is 7.20. The summed E-state index contributed by atoms with van der Waals surface area (Å²) in [4.78, 5) is 12.3. The van der Waals surface area contributed by atoms with Crippen LogP contribution < -0.4 is 5.32 Å². The van der Waals surface area contributed by atoms with E-state index in [1.54, 1.807) is 0 Å². The summed E-state index contributed by atoms with van der Waals surface area (Å²) in [6, 6.07) is 18.7. The van der Waals surface area contributed by atoms with Crippen LogP contribution in [-0.4, -0.2) is 17.7 Å². The smallest absolute Gasteiger partial charge is 0.407 e. The first-order valence-electron chi connectivity index (χ1n) is 9.03. The second-order valence-corrected chi connectivity index (χ2v) is 8.03. The Kier molecular flexibility index (Phi) is 7.70. The van der Waals surface area contributed by atoms with E-state index in [1.807, 2.05) is 39.0 Å². The molecule has 1 atom stereocenters. The Balaban J connectivity index is 2.05. The Morgan fingerprint density at radius 1 is 1.04 bits per heavy atom. The number of amides is 1. The van der Waals surface area contributed by atoms with Gasteiger partial charge in [-0.15, -0.1) is 0 Å². The number of aryl methyl sites for hydroxylation is 1. The van der Waals surface area contributed by atoms with Crippen molar-refractivity contribution in [1.82, 2.24) is 5.32 Å². The highest BCUT2D eigenvalue weighted by atomic mass is 79.9. The van der Waals surface area contributed by atoms with Crippen molar-refractivity contribution in [1.29, 1.82) is 0 Å². The minimum atomic E-state index is -0.496. The molecule has 140 valence electrons. The zero-order valence-corrected chi connectivity index (χ0v) is 17.4. The molecule has 0 saturated carbocycles. The molecule has 0 aliphatic carbocycles. The van der Waals surface area contributed by atoms with Crippen LogP contribution in [0.3, 0.4) is 0 Å². The van der Waals surface area contributed by atoms with Crippen LogP contribution in [0.1, 0.15) is 43.9 Å². The van der Waals surface area contributed by atoms with Crippen LogP contribution >= 0.6 is 15.9 Å². The number of hydrogen-bond acceptors (Lipinski definition) is 2. The Labute approximate surface area is 165 Å². The van der Waals surface area contributed by atoms with E-state index >= 15 is 0 Å². The van der Waals surface area contributed by atoms with Gasteiger partial charge in [0.1, 0.15) is 5.60 Å². The molecule has 1 unspecified atom stereocenters. The topological polar surface area (TPSA) is 38.3 Å². The molecule has 26 heavy (non-hydrogen) atoms. The number of benzene rings is 2. The molecular formula is C22H28BrNO2. The van der Waals surface area contributed by atoms with Crippen molar-refractivity contribution in [2.75, 3.05) is 0 Å². The van der Waals surface area contributed by atoms with Crippen LogP contribution in [-0.2, 0) is 22.9 Å². The summed E-state index contributed by atoms with van der Waals surface area (Å²) < 4.78 is 5.45. The van der Waals surface area contributed by atoms with Crippen molar-refractivity contribution in [3.8, 4) is 0 Å². The molecule has 0 bridgehead atoms. The van der Waals surface area contributed by atoms with Gasteiger partial charge in [0.15, 0.2) is 0 Å². The van der Waals surface area contributed by atoms with Gasteiger partial charge >= 0.3 is 6.09 Å². The number of nitrogens with one attached hydrogen (secondary N) is 1. The minimum absolute atomic E-state index is 0.0237. The van der Waals surface area contributed by atoms with E-state index in [1.165, 1.54) is 16.7 Å². The zero-order chi connectivity index (χ0) is 19.0. The Morgan fingerprint density at radius 3 is 2.27 bits per heavy atom. The lowest BCUT2D eigenvalue weighted by Gasteiger charge is -2.24. The number of halogens is 1. The van der Waals surface area contributed by atoms with Gasteiger partial charge in [-0.1, -0.05) is 70.5 Å². The molecule has 0 spiro atoms. The number of alkyl halides is 1. The standard InChI is InChI=1S/C22H28BrNO2/c1-22(2,3)26-21(25)24-20(15-17-9-5-4-6-10-17)14-13-18-11-7-8-12-19(18)16-23/h4-12,20H,13-16H2,1-3H3,(H,24,25). The lowest BCUT2D eigenvalue weighted by atomic mass is 9.97. The van der Waals surface area contributed by atoms with Gasteiger partial charge in [-0.3, -0.25) is 0 Å². The second-order valence-electron chi connectivity index (χ2n) is 7.47. The number of alkyl carbamates (subject to hydrolysis) is 1. The molecule has 0 aliphatic rings. The number of ether oxygens (including phenoxy) is 1.